The average molecular weight is 306 g/mol. The molecule has 0 amide bonds. The first-order chi connectivity index (χ1) is 8.76. The summed E-state index contributed by atoms with van der Waals surface area (Å²) in [6, 6.07) is 1.48. The first-order valence-electron chi connectivity index (χ1n) is 5.56. The molecule has 0 aromatic carbocycles. The molecule has 106 valence electrons. The van der Waals surface area contributed by atoms with E-state index in [0.29, 0.717) is 0 Å². The number of carboxylic acid groups (broad SMARTS) is 2. The summed E-state index contributed by atoms with van der Waals surface area (Å²) in [5.41, 5.74) is -1.03. The van der Waals surface area contributed by atoms with Gasteiger partial charge in [0.15, 0.2) is 0 Å². The van der Waals surface area contributed by atoms with Crippen molar-refractivity contribution >= 4 is 35.9 Å². The topological polar surface area (TPSA) is 112 Å². The summed E-state index contributed by atoms with van der Waals surface area (Å²) in [5, 5.41) is 21.0. The average Bonchev–Trinajstić information content (AvgIpc) is 2.81. The SMILES string of the molecule is CC(C(CCC(=O)O)C(=O)O)P(=O)(O)c1ccsc1. The van der Waals surface area contributed by atoms with Crippen LogP contribution in [0.1, 0.15) is 19.8 Å². The quantitative estimate of drug-likeness (QED) is 0.660. The van der Waals surface area contributed by atoms with Crippen LogP contribution in [0.4, 0.5) is 0 Å². The lowest BCUT2D eigenvalue weighted by Gasteiger charge is -2.24. The Bertz CT molecular complexity index is 497. The van der Waals surface area contributed by atoms with Crippen LogP contribution in [0.15, 0.2) is 16.8 Å². The summed E-state index contributed by atoms with van der Waals surface area (Å²) in [4.78, 5) is 31.7. The van der Waals surface area contributed by atoms with Gasteiger partial charge in [-0.3, -0.25) is 14.2 Å². The summed E-state index contributed by atoms with van der Waals surface area (Å²) >= 11 is 1.25. The number of aliphatic carboxylic acids is 2. The van der Waals surface area contributed by atoms with E-state index in [1.165, 1.54) is 29.7 Å². The van der Waals surface area contributed by atoms with Crippen LogP contribution in [0.5, 0.6) is 0 Å². The predicted octanol–water partition coefficient (Wildman–Crippen LogP) is 1.60. The Balaban J connectivity index is 2.93. The third-order valence-electron chi connectivity index (χ3n) is 3.00. The van der Waals surface area contributed by atoms with Gasteiger partial charge >= 0.3 is 11.9 Å². The van der Waals surface area contributed by atoms with Crippen LogP contribution in [-0.4, -0.2) is 32.7 Å². The summed E-state index contributed by atoms with van der Waals surface area (Å²) in [6.07, 6.45) is -0.508. The van der Waals surface area contributed by atoms with Crippen molar-refractivity contribution in [3.8, 4) is 0 Å². The second kappa shape index (κ2) is 6.32. The van der Waals surface area contributed by atoms with Gasteiger partial charge in [-0.15, -0.1) is 0 Å². The fourth-order valence-corrected chi connectivity index (χ4v) is 4.70. The minimum Gasteiger partial charge on any atom is -0.481 e. The third kappa shape index (κ3) is 3.89. The minimum absolute atomic E-state index is 0.166. The summed E-state index contributed by atoms with van der Waals surface area (Å²) in [7, 11) is -3.82. The van der Waals surface area contributed by atoms with E-state index in [1.54, 1.807) is 5.38 Å². The van der Waals surface area contributed by atoms with E-state index >= 15 is 0 Å². The molecule has 3 atom stereocenters. The van der Waals surface area contributed by atoms with Crippen LogP contribution in [0, 0.1) is 5.92 Å². The van der Waals surface area contributed by atoms with E-state index in [9.17, 15) is 19.0 Å². The predicted molar refractivity (Wildman–Crippen MR) is 71.2 cm³/mol. The molecule has 0 fully saturated rings. The van der Waals surface area contributed by atoms with Crippen molar-refractivity contribution in [3.05, 3.63) is 16.8 Å². The molecule has 0 spiro atoms. The highest BCUT2D eigenvalue weighted by atomic mass is 32.1. The van der Waals surface area contributed by atoms with Gasteiger partial charge in [-0.25, -0.2) is 0 Å². The highest BCUT2D eigenvalue weighted by molar-refractivity contribution is 7.67. The molecule has 0 aliphatic rings. The Labute approximate surface area is 114 Å². The Morgan fingerprint density at radius 3 is 2.47 bits per heavy atom. The van der Waals surface area contributed by atoms with Gasteiger partial charge < -0.3 is 15.1 Å². The van der Waals surface area contributed by atoms with Gasteiger partial charge in [0, 0.05) is 17.1 Å². The van der Waals surface area contributed by atoms with Crippen LogP contribution in [-0.2, 0) is 14.2 Å². The minimum atomic E-state index is -3.82. The zero-order valence-electron chi connectivity index (χ0n) is 10.2. The fourth-order valence-electron chi connectivity index (χ4n) is 1.77. The molecule has 6 nitrogen and oxygen atoms in total. The van der Waals surface area contributed by atoms with Gasteiger partial charge in [0.25, 0.3) is 0 Å². The molecule has 1 aromatic heterocycles. The highest BCUT2D eigenvalue weighted by Crippen LogP contribution is 2.49. The molecule has 1 heterocycles. The smallest absolute Gasteiger partial charge is 0.307 e. The van der Waals surface area contributed by atoms with Crippen molar-refractivity contribution in [3.63, 3.8) is 0 Å². The molecule has 8 heteroatoms. The van der Waals surface area contributed by atoms with Crippen LogP contribution in [0.2, 0.25) is 0 Å². The standard InChI is InChI=1S/C11H15O6PS/c1-7(9(11(14)15)2-3-10(12)13)18(16,17)8-4-5-19-6-8/h4-7,9H,2-3H2,1H3,(H,12,13)(H,14,15)(H,16,17). The molecule has 3 N–H and O–H groups in total. The van der Waals surface area contributed by atoms with E-state index in [0.717, 1.165) is 0 Å². The third-order valence-corrected chi connectivity index (χ3v) is 6.34. The van der Waals surface area contributed by atoms with Crippen molar-refractivity contribution in [2.45, 2.75) is 25.4 Å². The van der Waals surface area contributed by atoms with Gasteiger partial charge in [-0.2, -0.15) is 11.3 Å². The monoisotopic (exact) mass is 306 g/mol. The number of hydrogen-bond donors (Lipinski definition) is 3. The number of hydrogen-bond acceptors (Lipinski definition) is 4. The first-order valence-corrected chi connectivity index (χ1v) is 8.23. The summed E-state index contributed by atoms with van der Waals surface area (Å²) in [6.45, 7) is 1.37. The lowest BCUT2D eigenvalue weighted by atomic mass is 10.0. The van der Waals surface area contributed by atoms with Crippen LogP contribution in [0.3, 0.4) is 0 Å². The molecule has 0 aliphatic carbocycles. The maximum atomic E-state index is 12.3. The summed E-state index contributed by atoms with van der Waals surface area (Å²) in [5.74, 6) is -3.54. The van der Waals surface area contributed by atoms with Crippen molar-refractivity contribution < 1.29 is 29.3 Å². The van der Waals surface area contributed by atoms with Gasteiger partial charge in [-0.1, -0.05) is 6.92 Å². The lowest BCUT2D eigenvalue weighted by molar-refractivity contribution is -0.142. The van der Waals surface area contributed by atoms with Crippen LogP contribution < -0.4 is 5.30 Å². The maximum Gasteiger partial charge on any atom is 0.307 e. The van der Waals surface area contributed by atoms with Gasteiger partial charge in [0.2, 0.25) is 7.37 Å². The van der Waals surface area contributed by atoms with Crippen molar-refractivity contribution in [1.82, 2.24) is 0 Å². The lowest BCUT2D eigenvalue weighted by Crippen LogP contribution is -2.29. The molecule has 0 saturated heterocycles. The molecule has 0 bridgehead atoms. The Kier molecular flexibility index (Phi) is 5.29. The Morgan fingerprint density at radius 2 is 2.05 bits per heavy atom. The fraction of sp³-hybridized carbons (Fsp3) is 0.455. The van der Waals surface area contributed by atoms with E-state index in [2.05, 4.69) is 0 Å². The van der Waals surface area contributed by atoms with Crippen LogP contribution in [0.25, 0.3) is 0 Å². The first kappa shape index (κ1) is 15.9. The van der Waals surface area contributed by atoms with Gasteiger partial charge in [-0.05, 0) is 17.9 Å². The molecule has 19 heavy (non-hydrogen) atoms. The van der Waals surface area contributed by atoms with E-state index in [1.807, 2.05) is 0 Å². The molecule has 1 rings (SSSR count). The number of carboxylic acids is 2. The number of rotatable bonds is 7. The van der Waals surface area contributed by atoms with E-state index in [4.69, 9.17) is 10.2 Å². The molecule has 1 aromatic rings. The van der Waals surface area contributed by atoms with Crippen LogP contribution >= 0.6 is 18.7 Å². The van der Waals surface area contributed by atoms with E-state index < -0.39 is 30.9 Å². The van der Waals surface area contributed by atoms with Crippen molar-refractivity contribution in [1.29, 1.82) is 0 Å². The van der Waals surface area contributed by atoms with Gasteiger partial charge in [0.1, 0.15) is 0 Å². The largest absolute Gasteiger partial charge is 0.481 e. The molecule has 3 unspecified atom stereocenters. The van der Waals surface area contributed by atoms with E-state index in [-0.39, 0.29) is 18.1 Å². The molecule has 0 saturated carbocycles. The zero-order chi connectivity index (χ0) is 14.6. The van der Waals surface area contributed by atoms with Gasteiger partial charge in [0.05, 0.1) is 11.6 Å². The summed E-state index contributed by atoms with van der Waals surface area (Å²) < 4.78 is 12.3. The molecule has 0 aliphatic heterocycles. The normalized spacial score (nSPS) is 17.4. The Morgan fingerprint density at radius 1 is 1.42 bits per heavy atom. The Hall–Kier alpha value is -1.17. The van der Waals surface area contributed by atoms with Crippen molar-refractivity contribution in [2.24, 2.45) is 5.92 Å². The maximum absolute atomic E-state index is 12.3. The number of carbonyl (C=O) groups is 2. The second-order valence-corrected chi connectivity index (χ2v) is 7.58. The van der Waals surface area contributed by atoms with Crippen molar-refractivity contribution in [2.75, 3.05) is 0 Å². The highest BCUT2D eigenvalue weighted by Gasteiger charge is 2.39. The molecular formula is C11H15O6PS. The molecule has 0 radical (unpaired) electrons. The number of thiophene rings is 1. The molecular weight excluding hydrogens is 291 g/mol. The zero-order valence-corrected chi connectivity index (χ0v) is 11.9. The second-order valence-electron chi connectivity index (χ2n) is 4.22.